The third-order valence-electron chi connectivity index (χ3n) is 5.73. The Labute approximate surface area is 157 Å². The summed E-state index contributed by atoms with van der Waals surface area (Å²) in [6, 6.07) is 4.51. The molecule has 0 unspecified atom stereocenters. The minimum atomic E-state index is -1.07. The number of amides is 2. The Morgan fingerprint density at radius 1 is 1.19 bits per heavy atom. The molecule has 0 saturated heterocycles. The van der Waals surface area contributed by atoms with E-state index in [0.29, 0.717) is 25.7 Å². The Hall–Kier alpha value is -2.48. The van der Waals surface area contributed by atoms with Gasteiger partial charge in [-0.05, 0) is 48.8 Å². The summed E-state index contributed by atoms with van der Waals surface area (Å²) in [4.78, 5) is 34.1. The van der Waals surface area contributed by atoms with E-state index in [4.69, 9.17) is 5.84 Å². The number of carbonyl (C=O) groups excluding carboxylic acids is 2. The summed E-state index contributed by atoms with van der Waals surface area (Å²) in [6.45, 7) is 6.19. The number of halogens is 1. The van der Waals surface area contributed by atoms with Gasteiger partial charge in [0.25, 0.3) is 0 Å². The summed E-state index contributed by atoms with van der Waals surface area (Å²) in [5, 5.41) is 11.5. The van der Waals surface area contributed by atoms with Gasteiger partial charge in [0.1, 0.15) is 5.82 Å². The molecule has 1 aliphatic rings. The summed E-state index contributed by atoms with van der Waals surface area (Å²) >= 11 is 0. The van der Waals surface area contributed by atoms with Crippen molar-refractivity contribution in [1.82, 2.24) is 5.43 Å². The summed E-state index contributed by atoms with van der Waals surface area (Å²) in [6.07, 6.45) is 2.33. The van der Waals surface area contributed by atoms with E-state index in [-0.39, 0.29) is 22.4 Å². The van der Waals surface area contributed by atoms with Crippen molar-refractivity contribution in [3.8, 4) is 0 Å². The van der Waals surface area contributed by atoms with Gasteiger partial charge in [-0.3, -0.25) is 19.8 Å². The third kappa shape index (κ3) is 4.10. The second-order valence-electron chi connectivity index (χ2n) is 8.07. The van der Waals surface area contributed by atoms with Gasteiger partial charge in [-0.15, -0.1) is 0 Å². The minimum absolute atomic E-state index is 0.115. The average molecular weight is 379 g/mol. The van der Waals surface area contributed by atoms with Crippen LogP contribution in [0.3, 0.4) is 0 Å². The van der Waals surface area contributed by atoms with Crippen molar-refractivity contribution in [1.29, 1.82) is 0 Å². The lowest BCUT2D eigenvalue weighted by atomic mass is 9.55. The van der Waals surface area contributed by atoms with E-state index < -0.39 is 23.6 Å². The smallest absolute Gasteiger partial charge is 0.323 e. The molecule has 7 nitrogen and oxygen atoms in total. The van der Waals surface area contributed by atoms with E-state index in [1.807, 2.05) is 0 Å². The maximum atomic E-state index is 14.6. The number of nitrogens with two attached hydrogens (primary N) is 1. The highest BCUT2D eigenvalue weighted by Gasteiger charge is 2.46. The molecular weight excluding hydrogens is 353 g/mol. The van der Waals surface area contributed by atoms with Crippen LogP contribution in [0.4, 0.5) is 10.1 Å². The van der Waals surface area contributed by atoms with E-state index in [1.54, 1.807) is 11.5 Å². The normalized spacial score (nSPS) is 22.8. The number of hydrogen-bond donors (Lipinski definition) is 4. The van der Waals surface area contributed by atoms with Crippen LogP contribution in [0.1, 0.15) is 52.0 Å². The Bertz CT molecular complexity index is 750. The molecule has 0 atom stereocenters. The zero-order valence-corrected chi connectivity index (χ0v) is 15.8. The number of carboxylic acid groups (broad SMARTS) is 1. The van der Waals surface area contributed by atoms with Crippen molar-refractivity contribution in [2.45, 2.75) is 51.9 Å². The molecule has 27 heavy (non-hydrogen) atoms. The maximum Gasteiger partial charge on any atom is 0.323 e. The van der Waals surface area contributed by atoms with Crippen molar-refractivity contribution < 1.29 is 23.9 Å². The number of carbonyl (C=O) groups is 3. The van der Waals surface area contributed by atoms with Gasteiger partial charge in [-0.1, -0.05) is 26.8 Å². The van der Waals surface area contributed by atoms with Crippen LogP contribution in [0, 0.1) is 17.2 Å². The van der Waals surface area contributed by atoms with Crippen LogP contribution in [0.15, 0.2) is 18.2 Å². The fourth-order valence-corrected chi connectivity index (χ4v) is 3.99. The van der Waals surface area contributed by atoms with Gasteiger partial charge in [0.05, 0.1) is 11.6 Å². The van der Waals surface area contributed by atoms with Crippen molar-refractivity contribution in [2.75, 3.05) is 5.32 Å². The van der Waals surface area contributed by atoms with E-state index in [1.165, 1.54) is 12.1 Å². The number of hydrogen-bond acceptors (Lipinski definition) is 4. The molecule has 0 heterocycles. The molecule has 1 aliphatic carbocycles. The second kappa shape index (κ2) is 7.64. The van der Waals surface area contributed by atoms with Gasteiger partial charge < -0.3 is 10.4 Å². The predicted molar refractivity (Wildman–Crippen MR) is 98.1 cm³/mol. The third-order valence-corrected chi connectivity index (χ3v) is 5.73. The number of rotatable bonds is 3. The highest BCUT2D eigenvalue weighted by molar-refractivity contribution is 6.39. The van der Waals surface area contributed by atoms with Gasteiger partial charge >= 0.3 is 17.8 Å². The monoisotopic (exact) mass is 379 g/mol. The first-order chi connectivity index (χ1) is 12.5. The first-order valence-corrected chi connectivity index (χ1v) is 8.86. The highest BCUT2D eigenvalue weighted by Crippen LogP contribution is 2.52. The van der Waals surface area contributed by atoms with Gasteiger partial charge in [0.15, 0.2) is 0 Å². The molecule has 2 amide bonds. The van der Waals surface area contributed by atoms with Crippen molar-refractivity contribution in [3.05, 3.63) is 29.6 Å². The summed E-state index contributed by atoms with van der Waals surface area (Å²) in [5.41, 5.74) is 1.74. The number of hydrazine groups is 1. The van der Waals surface area contributed by atoms with E-state index in [9.17, 15) is 23.9 Å². The number of carboxylic acids is 1. The maximum absolute atomic E-state index is 14.6. The summed E-state index contributed by atoms with van der Waals surface area (Å²) < 4.78 is 14.6. The van der Waals surface area contributed by atoms with Gasteiger partial charge in [0, 0.05) is 5.41 Å². The number of anilines is 1. The first kappa shape index (κ1) is 20.8. The molecule has 1 aromatic rings. The van der Waals surface area contributed by atoms with E-state index in [0.717, 1.165) is 5.56 Å². The molecule has 1 fully saturated rings. The summed E-state index contributed by atoms with van der Waals surface area (Å²) in [7, 11) is 0. The predicted octanol–water partition coefficient (Wildman–Crippen LogP) is 2.31. The lowest BCUT2D eigenvalue weighted by Gasteiger charge is -2.49. The lowest BCUT2D eigenvalue weighted by molar-refractivity contribution is -0.143. The highest BCUT2D eigenvalue weighted by atomic mass is 19.1. The van der Waals surface area contributed by atoms with E-state index in [2.05, 4.69) is 26.1 Å². The van der Waals surface area contributed by atoms with Gasteiger partial charge in [0.2, 0.25) is 0 Å². The SMILES string of the molecule is CC(C)(C)C1(c2ccc(NC(=O)C(=O)NN)c(F)c2)CCC(C(=O)O)CC1. The molecule has 1 saturated carbocycles. The molecule has 2 rings (SSSR count). The van der Waals surface area contributed by atoms with Crippen LogP contribution < -0.4 is 16.6 Å². The van der Waals surface area contributed by atoms with Crippen molar-refractivity contribution >= 4 is 23.5 Å². The fraction of sp³-hybridized carbons (Fsp3) is 0.526. The quantitative estimate of drug-likeness (QED) is 0.278. The van der Waals surface area contributed by atoms with Crippen LogP contribution in [-0.4, -0.2) is 22.9 Å². The molecule has 0 spiro atoms. The first-order valence-electron chi connectivity index (χ1n) is 8.86. The Balaban J connectivity index is 2.33. The molecule has 148 valence electrons. The van der Waals surface area contributed by atoms with Crippen LogP contribution in [0.5, 0.6) is 0 Å². The van der Waals surface area contributed by atoms with Crippen LogP contribution in [0.2, 0.25) is 0 Å². The lowest BCUT2D eigenvalue weighted by Crippen LogP contribution is -2.44. The van der Waals surface area contributed by atoms with Crippen molar-refractivity contribution in [2.24, 2.45) is 17.2 Å². The second-order valence-corrected chi connectivity index (χ2v) is 8.07. The Morgan fingerprint density at radius 2 is 1.78 bits per heavy atom. The average Bonchev–Trinajstić information content (AvgIpc) is 2.61. The molecule has 0 aliphatic heterocycles. The summed E-state index contributed by atoms with van der Waals surface area (Å²) in [5.74, 6) is 0.931. The number of benzene rings is 1. The van der Waals surface area contributed by atoms with Gasteiger partial charge in [-0.2, -0.15) is 0 Å². The zero-order chi connectivity index (χ0) is 20.4. The zero-order valence-electron chi connectivity index (χ0n) is 15.8. The molecular formula is C19H26FN3O4. The Morgan fingerprint density at radius 3 is 2.22 bits per heavy atom. The number of nitrogens with one attached hydrogen (secondary N) is 2. The molecule has 0 bridgehead atoms. The minimum Gasteiger partial charge on any atom is -0.481 e. The molecule has 8 heteroatoms. The standard InChI is InChI=1S/C19H26FN3O4/c1-18(2,3)19(8-6-11(7-9-19)17(26)27)12-4-5-14(13(20)10-12)22-15(24)16(25)23-21/h4-5,10-11H,6-9,21H2,1-3H3,(H,22,24)(H,23,25)(H,26,27). The van der Waals surface area contributed by atoms with Crippen molar-refractivity contribution in [3.63, 3.8) is 0 Å². The largest absolute Gasteiger partial charge is 0.481 e. The fourth-order valence-electron chi connectivity index (χ4n) is 3.99. The van der Waals surface area contributed by atoms with Crippen LogP contribution in [0.25, 0.3) is 0 Å². The molecule has 1 aromatic carbocycles. The number of aliphatic carboxylic acids is 1. The molecule has 5 N–H and O–H groups in total. The topological polar surface area (TPSA) is 122 Å². The van der Waals surface area contributed by atoms with E-state index >= 15 is 0 Å². The Kier molecular flexibility index (Phi) is 5.89. The van der Waals surface area contributed by atoms with Crippen LogP contribution in [-0.2, 0) is 19.8 Å². The molecule has 0 radical (unpaired) electrons. The van der Waals surface area contributed by atoms with Crippen LogP contribution >= 0.6 is 0 Å². The molecule has 0 aromatic heterocycles. The van der Waals surface area contributed by atoms with Gasteiger partial charge in [-0.25, -0.2) is 10.2 Å².